The smallest absolute Gasteiger partial charge is 0.317 e. The molecule has 198 valence electrons. The number of amides is 2. The van der Waals surface area contributed by atoms with Crippen molar-refractivity contribution in [2.75, 3.05) is 40.4 Å². The molecule has 2 unspecified atom stereocenters. The first-order valence-electron chi connectivity index (χ1n) is 14.5. The average Bonchev–Trinajstić information content (AvgIpc) is 2.88. The van der Waals surface area contributed by atoms with Gasteiger partial charge in [0.05, 0.1) is 5.60 Å². The van der Waals surface area contributed by atoms with E-state index in [-0.39, 0.29) is 18.0 Å². The summed E-state index contributed by atoms with van der Waals surface area (Å²) in [5.74, 6) is 1.30. The van der Waals surface area contributed by atoms with Gasteiger partial charge in [-0.15, -0.1) is 0 Å². The summed E-state index contributed by atoms with van der Waals surface area (Å²) < 4.78 is 5.26. The van der Waals surface area contributed by atoms with Crippen molar-refractivity contribution in [1.82, 2.24) is 15.5 Å². The van der Waals surface area contributed by atoms with E-state index in [4.69, 9.17) is 4.74 Å². The number of rotatable bonds is 12. The van der Waals surface area contributed by atoms with E-state index in [9.17, 15) is 9.90 Å². The van der Waals surface area contributed by atoms with Crippen molar-refractivity contribution in [3.63, 3.8) is 0 Å². The van der Waals surface area contributed by atoms with Gasteiger partial charge >= 0.3 is 6.03 Å². The molecule has 3 atom stereocenters. The van der Waals surface area contributed by atoms with Crippen LogP contribution >= 0.6 is 0 Å². The van der Waals surface area contributed by atoms with Crippen molar-refractivity contribution in [3.05, 3.63) is 0 Å². The molecule has 6 heteroatoms. The quantitative estimate of drug-likeness (QED) is 0.341. The SMILES string of the molecule is CNCC(CC1CCCCC1)NC(=O)N1CCCC([C@@](O)(CCCCOC)C2CCCCC2)C1. The first-order valence-corrected chi connectivity index (χ1v) is 14.5. The number of methoxy groups -OCH3 is 1. The fraction of sp³-hybridized carbons (Fsp3) is 0.964. The van der Waals surface area contributed by atoms with E-state index in [1.54, 1.807) is 7.11 Å². The van der Waals surface area contributed by atoms with E-state index >= 15 is 0 Å². The van der Waals surface area contributed by atoms with Crippen molar-refractivity contribution in [1.29, 1.82) is 0 Å². The van der Waals surface area contributed by atoms with E-state index in [1.165, 1.54) is 51.4 Å². The van der Waals surface area contributed by atoms with E-state index in [0.717, 1.165) is 77.0 Å². The number of ether oxygens (including phenoxy) is 1. The van der Waals surface area contributed by atoms with Crippen LogP contribution in [0.3, 0.4) is 0 Å². The first kappa shape index (κ1) is 27.7. The lowest BCUT2D eigenvalue weighted by Gasteiger charge is -2.48. The highest BCUT2D eigenvalue weighted by Gasteiger charge is 2.45. The fourth-order valence-corrected chi connectivity index (χ4v) is 7.10. The van der Waals surface area contributed by atoms with Crippen molar-refractivity contribution in [3.8, 4) is 0 Å². The topological polar surface area (TPSA) is 73.8 Å². The summed E-state index contributed by atoms with van der Waals surface area (Å²) in [4.78, 5) is 15.4. The van der Waals surface area contributed by atoms with Gasteiger partial charge in [0.25, 0.3) is 0 Å². The molecule has 34 heavy (non-hydrogen) atoms. The lowest BCUT2D eigenvalue weighted by atomic mass is 9.66. The van der Waals surface area contributed by atoms with E-state index in [0.29, 0.717) is 12.5 Å². The number of carbonyl (C=O) groups excluding carboxylic acids is 1. The number of hydrogen-bond donors (Lipinski definition) is 3. The van der Waals surface area contributed by atoms with Gasteiger partial charge in [-0.25, -0.2) is 4.79 Å². The Balaban J connectivity index is 1.60. The highest BCUT2D eigenvalue weighted by atomic mass is 16.5. The summed E-state index contributed by atoms with van der Waals surface area (Å²) in [6.45, 7) is 3.08. The Morgan fingerprint density at radius 1 is 1.00 bits per heavy atom. The van der Waals surface area contributed by atoms with Crippen LogP contribution in [0.1, 0.15) is 103 Å². The maximum atomic E-state index is 13.4. The average molecular weight is 480 g/mol. The molecule has 3 fully saturated rings. The molecule has 0 aromatic carbocycles. The molecular formula is C28H53N3O3. The number of urea groups is 1. The number of likely N-dealkylation sites (tertiary alicyclic amines) is 1. The Labute approximate surface area is 209 Å². The number of unbranched alkanes of at least 4 members (excludes halogenated alkanes) is 1. The molecule has 1 saturated heterocycles. The summed E-state index contributed by atoms with van der Waals surface area (Å²) in [5.41, 5.74) is -0.653. The summed E-state index contributed by atoms with van der Waals surface area (Å²) >= 11 is 0. The maximum absolute atomic E-state index is 13.4. The second-order valence-corrected chi connectivity index (χ2v) is 11.5. The van der Waals surface area contributed by atoms with Gasteiger partial charge in [-0.2, -0.15) is 0 Å². The standard InChI is InChI=1S/C28H53N3O3/c1-29-21-26(20-23-12-5-3-6-13-23)30-27(32)31-18-11-16-25(22-31)28(33,17-9-10-19-34-2)24-14-7-4-8-15-24/h23-26,29,33H,3-22H2,1-2H3,(H,30,32)/t25?,26?,28-/m1/s1. The number of hydrogen-bond acceptors (Lipinski definition) is 4. The van der Waals surface area contributed by atoms with Gasteiger partial charge in [0.1, 0.15) is 0 Å². The first-order chi connectivity index (χ1) is 16.6. The van der Waals surface area contributed by atoms with Gasteiger partial charge < -0.3 is 25.4 Å². The molecule has 0 bridgehead atoms. The van der Waals surface area contributed by atoms with Crippen molar-refractivity contribution in [2.24, 2.45) is 17.8 Å². The van der Waals surface area contributed by atoms with E-state index in [2.05, 4.69) is 10.6 Å². The number of nitrogens with one attached hydrogen (secondary N) is 2. The molecule has 3 N–H and O–H groups in total. The zero-order valence-corrected chi connectivity index (χ0v) is 22.2. The molecule has 0 aromatic rings. The fourth-order valence-electron chi connectivity index (χ4n) is 7.10. The molecule has 0 radical (unpaired) electrons. The minimum Gasteiger partial charge on any atom is -0.389 e. The third-order valence-corrected chi connectivity index (χ3v) is 9.02. The predicted molar refractivity (Wildman–Crippen MR) is 139 cm³/mol. The van der Waals surface area contributed by atoms with Crippen LogP contribution in [-0.2, 0) is 4.74 Å². The largest absolute Gasteiger partial charge is 0.389 e. The maximum Gasteiger partial charge on any atom is 0.317 e. The van der Waals surface area contributed by atoms with Crippen molar-refractivity contribution >= 4 is 6.03 Å². The molecule has 0 aromatic heterocycles. The summed E-state index contributed by atoms with van der Waals surface area (Å²) in [5, 5.41) is 18.8. The van der Waals surface area contributed by atoms with Crippen molar-refractivity contribution < 1.29 is 14.6 Å². The molecule has 2 amide bonds. The Morgan fingerprint density at radius 2 is 1.68 bits per heavy atom. The van der Waals surface area contributed by atoms with Crippen LogP contribution in [0.25, 0.3) is 0 Å². The molecule has 1 heterocycles. The summed E-state index contributed by atoms with van der Waals surface area (Å²) in [6.07, 6.45) is 18.6. The predicted octanol–water partition coefficient (Wildman–Crippen LogP) is 5.09. The van der Waals surface area contributed by atoms with Gasteiger partial charge in [-0.3, -0.25) is 0 Å². The monoisotopic (exact) mass is 479 g/mol. The van der Waals surface area contributed by atoms with Gasteiger partial charge in [-0.05, 0) is 70.3 Å². The Kier molecular flexibility index (Phi) is 11.9. The number of carbonyl (C=O) groups is 1. The second-order valence-electron chi connectivity index (χ2n) is 11.5. The van der Waals surface area contributed by atoms with Crippen molar-refractivity contribution in [2.45, 2.75) is 114 Å². The molecule has 6 nitrogen and oxygen atoms in total. The van der Waals surface area contributed by atoms with Crippen LogP contribution in [0.4, 0.5) is 4.79 Å². The Morgan fingerprint density at radius 3 is 2.35 bits per heavy atom. The van der Waals surface area contributed by atoms with Gasteiger partial charge in [0, 0.05) is 45.3 Å². The Hall–Kier alpha value is -0.850. The number of likely N-dealkylation sites (N-methyl/N-ethyl adjacent to an activating group) is 1. The third-order valence-electron chi connectivity index (χ3n) is 9.02. The summed E-state index contributed by atoms with van der Waals surface area (Å²) in [7, 11) is 3.73. The Bertz CT molecular complexity index is 577. The number of nitrogens with zero attached hydrogens (tertiary/aromatic N) is 1. The van der Waals surface area contributed by atoms with E-state index in [1.807, 2.05) is 11.9 Å². The van der Waals surface area contributed by atoms with Gasteiger partial charge in [0.15, 0.2) is 0 Å². The zero-order chi connectivity index (χ0) is 24.2. The van der Waals surface area contributed by atoms with Crippen LogP contribution < -0.4 is 10.6 Å². The number of piperidine rings is 1. The minimum atomic E-state index is -0.653. The van der Waals surface area contributed by atoms with Gasteiger partial charge in [-0.1, -0.05) is 51.4 Å². The van der Waals surface area contributed by atoms with Crippen LogP contribution in [0, 0.1) is 17.8 Å². The molecule has 1 aliphatic heterocycles. The van der Waals surface area contributed by atoms with Crippen LogP contribution in [0.15, 0.2) is 0 Å². The molecular weight excluding hydrogens is 426 g/mol. The highest BCUT2D eigenvalue weighted by molar-refractivity contribution is 5.74. The normalized spacial score (nSPS) is 25.6. The van der Waals surface area contributed by atoms with E-state index < -0.39 is 5.60 Å². The lowest BCUT2D eigenvalue weighted by Crippen LogP contribution is -2.56. The van der Waals surface area contributed by atoms with Crippen LogP contribution in [-0.4, -0.2) is 68.1 Å². The molecule has 3 rings (SSSR count). The minimum absolute atomic E-state index is 0.0751. The van der Waals surface area contributed by atoms with Crippen LogP contribution in [0.5, 0.6) is 0 Å². The third kappa shape index (κ3) is 8.09. The number of aliphatic hydroxyl groups is 1. The van der Waals surface area contributed by atoms with Gasteiger partial charge in [0.2, 0.25) is 0 Å². The second kappa shape index (κ2) is 14.6. The molecule has 2 saturated carbocycles. The molecule has 2 aliphatic carbocycles. The molecule has 3 aliphatic rings. The lowest BCUT2D eigenvalue weighted by molar-refractivity contribution is -0.104. The molecule has 0 spiro atoms. The zero-order valence-electron chi connectivity index (χ0n) is 22.2. The van der Waals surface area contributed by atoms with Crippen LogP contribution in [0.2, 0.25) is 0 Å². The summed E-state index contributed by atoms with van der Waals surface area (Å²) in [6, 6.07) is 0.262. The highest BCUT2D eigenvalue weighted by Crippen LogP contribution is 2.43.